The highest BCUT2D eigenvalue weighted by Crippen LogP contribution is 2.22. The van der Waals surface area contributed by atoms with Crippen molar-refractivity contribution in [3.63, 3.8) is 0 Å². The lowest BCUT2D eigenvalue weighted by Gasteiger charge is -2.03. The minimum Gasteiger partial charge on any atom is -0.285 e. The van der Waals surface area contributed by atoms with Gasteiger partial charge >= 0.3 is 0 Å². The van der Waals surface area contributed by atoms with Crippen molar-refractivity contribution in [1.82, 2.24) is 0 Å². The van der Waals surface area contributed by atoms with Crippen molar-refractivity contribution >= 4 is 22.6 Å². The Balaban J connectivity index is 2.77. The second kappa shape index (κ2) is 3.46. The van der Waals surface area contributed by atoms with Gasteiger partial charge in [0.25, 0.3) is 0 Å². The van der Waals surface area contributed by atoms with Crippen LogP contribution >= 0.6 is 0 Å². The van der Waals surface area contributed by atoms with Crippen LogP contribution < -0.4 is 0 Å². The van der Waals surface area contributed by atoms with Gasteiger partial charge in [-0.05, 0) is 16.3 Å². The molecule has 14 heavy (non-hydrogen) atoms. The van der Waals surface area contributed by atoms with E-state index in [1.807, 2.05) is 48.8 Å². The first-order chi connectivity index (χ1) is 6.83. The Kier molecular flexibility index (Phi) is 2.15. The van der Waals surface area contributed by atoms with E-state index in [4.69, 9.17) is 0 Å². The summed E-state index contributed by atoms with van der Waals surface area (Å²) in [6, 6.07) is 13.7. The first-order valence-electron chi connectivity index (χ1n) is 4.38. The fraction of sp³-hybridized carbons (Fsp3) is 0. The zero-order valence-corrected chi connectivity index (χ0v) is 7.66. The van der Waals surface area contributed by atoms with Crippen molar-refractivity contribution in [1.29, 1.82) is 0 Å². The number of carbonyl (C=O) groups excluding carboxylic acids is 1. The molecule has 0 bridgehead atoms. The van der Waals surface area contributed by atoms with Crippen LogP contribution in [0.4, 0.5) is 0 Å². The highest BCUT2D eigenvalue weighted by molar-refractivity contribution is 6.12. The van der Waals surface area contributed by atoms with Crippen molar-refractivity contribution in [2.45, 2.75) is 0 Å². The van der Waals surface area contributed by atoms with E-state index >= 15 is 0 Å². The number of fused-ring (bicyclic) bond motifs is 1. The van der Waals surface area contributed by atoms with E-state index in [-0.39, 0.29) is 0 Å². The third kappa shape index (κ3) is 1.33. The van der Waals surface area contributed by atoms with Crippen LogP contribution in [0.5, 0.6) is 0 Å². The number of rotatable bonds is 2. The maximum absolute atomic E-state index is 10.5. The molecule has 0 saturated carbocycles. The van der Waals surface area contributed by atoms with Crippen LogP contribution in [-0.2, 0) is 4.79 Å². The highest BCUT2D eigenvalue weighted by atomic mass is 16.1. The van der Waals surface area contributed by atoms with Gasteiger partial charge in [0.05, 0.1) is 0 Å². The third-order valence-corrected chi connectivity index (χ3v) is 2.24. The molecule has 0 heterocycles. The summed E-state index contributed by atoms with van der Waals surface area (Å²) in [5, 5.41) is 2.16. The summed E-state index contributed by atoms with van der Waals surface area (Å²) >= 11 is 0. The molecule has 2 aromatic carbocycles. The summed E-state index contributed by atoms with van der Waals surface area (Å²) in [6.45, 7) is 3.67. The van der Waals surface area contributed by atoms with Crippen LogP contribution in [0.15, 0.2) is 49.0 Å². The zero-order valence-electron chi connectivity index (χ0n) is 7.66. The van der Waals surface area contributed by atoms with Crippen LogP contribution in [0, 0.1) is 0 Å². The molecule has 0 unspecified atom stereocenters. The van der Waals surface area contributed by atoms with Crippen molar-refractivity contribution in [3.8, 4) is 0 Å². The molecule has 2 aromatic rings. The standard InChI is InChI=1S/C13H9O/c1-10(9-14)12-8-4-6-11-5-2-3-7-13(11)12/h2-8H,1H2. The Labute approximate surface area is 82.7 Å². The first-order valence-corrected chi connectivity index (χ1v) is 4.38. The van der Waals surface area contributed by atoms with E-state index in [0.29, 0.717) is 5.57 Å². The van der Waals surface area contributed by atoms with Crippen molar-refractivity contribution in [2.75, 3.05) is 0 Å². The molecule has 1 heteroatoms. The van der Waals surface area contributed by atoms with Gasteiger partial charge in [0.15, 0.2) is 0 Å². The van der Waals surface area contributed by atoms with Gasteiger partial charge in [-0.25, -0.2) is 0 Å². The summed E-state index contributed by atoms with van der Waals surface area (Å²) in [5.74, 6) is 0. The molecule has 0 fully saturated rings. The molecule has 2 rings (SSSR count). The van der Waals surface area contributed by atoms with Gasteiger partial charge in [-0.15, -0.1) is 0 Å². The van der Waals surface area contributed by atoms with Crippen LogP contribution in [0.3, 0.4) is 0 Å². The van der Waals surface area contributed by atoms with Crippen LogP contribution in [-0.4, -0.2) is 6.29 Å². The Hall–Kier alpha value is -1.89. The van der Waals surface area contributed by atoms with Crippen LogP contribution in [0.25, 0.3) is 16.3 Å². The number of allylic oxidation sites excluding steroid dienone is 1. The van der Waals surface area contributed by atoms with E-state index in [2.05, 4.69) is 6.58 Å². The lowest BCUT2D eigenvalue weighted by molar-refractivity contribution is 0.565. The summed E-state index contributed by atoms with van der Waals surface area (Å²) in [6.07, 6.45) is 1.83. The van der Waals surface area contributed by atoms with Gasteiger partial charge in [0.1, 0.15) is 0 Å². The lowest BCUT2D eigenvalue weighted by Crippen LogP contribution is -1.85. The van der Waals surface area contributed by atoms with E-state index < -0.39 is 0 Å². The molecule has 0 aliphatic rings. The maximum Gasteiger partial charge on any atom is 0.233 e. The average molecular weight is 181 g/mol. The van der Waals surface area contributed by atoms with Gasteiger partial charge in [-0.2, -0.15) is 0 Å². The van der Waals surface area contributed by atoms with Crippen LogP contribution in [0.1, 0.15) is 5.56 Å². The molecule has 0 aromatic heterocycles. The average Bonchev–Trinajstić information content (AvgIpc) is 2.27. The molecule has 0 atom stereocenters. The second-order valence-electron chi connectivity index (χ2n) is 3.11. The number of hydrogen-bond acceptors (Lipinski definition) is 1. The SMILES string of the molecule is C=C([C]=O)c1cccc2ccccc12. The van der Waals surface area contributed by atoms with Crippen LogP contribution in [0.2, 0.25) is 0 Å². The Morgan fingerprint density at radius 2 is 1.79 bits per heavy atom. The van der Waals surface area contributed by atoms with E-state index in [1.165, 1.54) is 0 Å². The molecular formula is C13H9O. The second-order valence-corrected chi connectivity index (χ2v) is 3.11. The third-order valence-electron chi connectivity index (χ3n) is 2.24. The summed E-state index contributed by atoms with van der Waals surface area (Å²) in [4.78, 5) is 10.5. The molecule has 0 aliphatic carbocycles. The largest absolute Gasteiger partial charge is 0.285 e. The minimum absolute atomic E-state index is 0.404. The molecule has 0 saturated heterocycles. The summed E-state index contributed by atoms with van der Waals surface area (Å²) < 4.78 is 0. The predicted octanol–water partition coefficient (Wildman–Crippen LogP) is 2.96. The van der Waals surface area contributed by atoms with Gasteiger partial charge in [-0.1, -0.05) is 49.0 Å². The highest BCUT2D eigenvalue weighted by Gasteiger charge is 2.02. The molecular weight excluding hydrogens is 172 g/mol. The fourth-order valence-electron chi connectivity index (χ4n) is 1.54. The fourth-order valence-corrected chi connectivity index (χ4v) is 1.54. The van der Waals surface area contributed by atoms with E-state index in [1.54, 1.807) is 0 Å². The molecule has 0 spiro atoms. The molecule has 0 N–H and O–H groups in total. The van der Waals surface area contributed by atoms with E-state index in [0.717, 1.165) is 16.3 Å². The summed E-state index contributed by atoms with van der Waals surface area (Å²) in [5.41, 5.74) is 1.26. The molecule has 0 amide bonds. The molecule has 1 nitrogen and oxygen atoms in total. The topological polar surface area (TPSA) is 17.1 Å². The van der Waals surface area contributed by atoms with Gasteiger partial charge in [-0.3, -0.25) is 4.79 Å². The maximum atomic E-state index is 10.5. The molecule has 1 radical (unpaired) electrons. The number of benzene rings is 2. The van der Waals surface area contributed by atoms with Gasteiger partial charge in [0, 0.05) is 5.57 Å². The summed E-state index contributed by atoms with van der Waals surface area (Å²) in [7, 11) is 0. The Morgan fingerprint density at radius 3 is 2.57 bits per heavy atom. The predicted molar refractivity (Wildman–Crippen MR) is 58.7 cm³/mol. The quantitative estimate of drug-likeness (QED) is 0.651. The smallest absolute Gasteiger partial charge is 0.233 e. The monoisotopic (exact) mass is 181 g/mol. The molecule has 67 valence electrons. The Bertz CT molecular complexity index is 492. The molecule has 0 aliphatic heterocycles. The van der Waals surface area contributed by atoms with Crippen molar-refractivity contribution < 1.29 is 4.79 Å². The zero-order chi connectivity index (χ0) is 9.97. The number of hydrogen-bond donors (Lipinski definition) is 0. The Morgan fingerprint density at radius 1 is 1.07 bits per heavy atom. The van der Waals surface area contributed by atoms with Gasteiger partial charge in [0.2, 0.25) is 6.29 Å². The lowest BCUT2D eigenvalue weighted by atomic mass is 10.0. The van der Waals surface area contributed by atoms with Crippen molar-refractivity contribution in [2.24, 2.45) is 0 Å². The van der Waals surface area contributed by atoms with Crippen molar-refractivity contribution in [3.05, 3.63) is 54.6 Å². The first kappa shape index (κ1) is 8.70. The van der Waals surface area contributed by atoms with E-state index in [9.17, 15) is 4.79 Å². The minimum atomic E-state index is 0.404. The van der Waals surface area contributed by atoms with Gasteiger partial charge < -0.3 is 0 Å². The normalized spacial score (nSPS) is 10.0.